The molecular weight excluding hydrogens is 366 g/mol. The van der Waals surface area contributed by atoms with Crippen LogP contribution < -0.4 is 15.6 Å². The minimum atomic E-state index is -0.359. The minimum Gasteiger partial charge on any atom is -0.497 e. The van der Waals surface area contributed by atoms with Crippen molar-refractivity contribution >= 4 is 23.2 Å². The van der Waals surface area contributed by atoms with E-state index in [0.717, 1.165) is 21.6 Å². The van der Waals surface area contributed by atoms with Crippen molar-refractivity contribution < 1.29 is 9.53 Å². The van der Waals surface area contributed by atoms with Crippen molar-refractivity contribution in [3.63, 3.8) is 0 Å². The summed E-state index contributed by atoms with van der Waals surface area (Å²) in [6.45, 7) is 1.61. The second kappa shape index (κ2) is 8.05. The zero-order chi connectivity index (χ0) is 19.4. The number of carbonyl (C=O) groups excluding carboxylic acids is 1. The normalized spacial score (nSPS) is 10.5. The average Bonchev–Trinajstić information content (AvgIpc) is 2.67. The molecule has 138 valence electrons. The van der Waals surface area contributed by atoms with Crippen LogP contribution in [0.1, 0.15) is 5.56 Å². The van der Waals surface area contributed by atoms with E-state index in [2.05, 4.69) is 10.4 Å². The lowest BCUT2D eigenvalue weighted by atomic mass is 10.1. The van der Waals surface area contributed by atoms with Crippen LogP contribution in [0.4, 0.5) is 5.69 Å². The summed E-state index contributed by atoms with van der Waals surface area (Å²) in [5, 5.41) is 7.62. The number of hydrogen-bond acceptors (Lipinski definition) is 4. The van der Waals surface area contributed by atoms with Crippen molar-refractivity contribution in [2.24, 2.45) is 0 Å². The van der Waals surface area contributed by atoms with Gasteiger partial charge in [-0.15, -0.1) is 0 Å². The Morgan fingerprint density at radius 1 is 1.15 bits per heavy atom. The van der Waals surface area contributed by atoms with Gasteiger partial charge in [0.2, 0.25) is 5.91 Å². The second-order valence-corrected chi connectivity index (χ2v) is 6.31. The van der Waals surface area contributed by atoms with Gasteiger partial charge >= 0.3 is 0 Å². The molecule has 0 fully saturated rings. The van der Waals surface area contributed by atoms with Crippen LogP contribution in [0.15, 0.2) is 59.4 Å². The molecule has 7 heteroatoms. The molecule has 0 bridgehead atoms. The van der Waals surface area contributed by atoms with Crippen molar-refractivity contribution in [1.29, 1.82) is 0 Å². The fourth-order valence-electron chi connectivity index (χ4n) is 2.55. The summed E-state index contributed by atoms with van der Waals surface area (Å²) in [7, 11) is 1.59. The molecule has 0 saturated carbocycles. The van der Waals surface area contributed by atoms with Gasteiger partial charge in [-0.3, -0.25) is 9.59 Å². The average molecular weight is 384 g/mol. The number of hydrogen-bond donors (Lipinski definition) is 1. The molecule has 1 N–H and O–H groups in total. The molecule has 2 aromatic carbocycles. The monoisotopic (exact) mass is 383 g/mol. The molecule has 0 unspecified atom stereocenters. The van der Waals surface area contributed by atoms with E-state index in [1.807, 2.05) is 19.1 Å². The molecule has 0 aliphatic carbocycles. The molecule has 0 radical (unpaired) electrons. The quantitative estimate of drug-likeness (QED) is 0.731. The summed E-state index contributed by atoms with van der Waals surface area (Å²) < 4.78 is 6.27. The van der Waals surface area contributed by atoms with Crippen LogP contribution in [0.2, 0.25) is 5.02 Å². The van der Waals surface area contributed by atoms with Gasteiger partial charge < -0.3 is 10.1 Å². The van der Waals surface area contributed by atoms with E-state index in [4.69, 9.17) is 16.3 Å². The molecule has 0 aliphatic heterocycles. The van der Waals surface area contributed by atoms with Gasteiger partial charge in [0, 0.05) is 22.3 Å². The van der Waals surface area contributed by atoms with E-state index in [0.29, 0.717) is 16.4 Å². The molecule has 0 spiro atoms. The Balaban J connectivity index is 1.80. The lowest BCUT2D eigenvalue weighted by Crippen LogP contribution is -2.29. The predicted molar refractivity (Wildman–Crippen MR) is 105 cm³/mol. The van der Waals surface area contributed by atoms with E-state index in [1.54, 1.807) is 43.5 Å². The molecule has 27 heavy (non-hydrogen) atoms. The van der Waals surface area contributed by atoms with Crippen molar-refractivity contribution in [2.75, 3.05) is 12.4 Å². The van der Waals surface area contributed by atoms with E-state index >= 15 is 0 Å². The number of ether oxygens (including phenoxy) is 1. The number of benzene rings is 2. The molecule has 6 nitrogen and oxygen atoms in total. The smallest absolute Gasteiger partial charge is 0.267 e. The lowest BCUT2D eigenvalue weighted by molar-refractivity contribution is -0.117. The van der Waals surface area contributed by atoms with Crippen LogP contribution in [-0.4, -0.2) is 22.8 Å². The molecule has 1 aromatic heterocycles. The van der Waals surface area contributed by atoms with Gasteiger partial charge in [0.15, 0.2) is 0 Å². The highest BCUT2D eigenvalue weighted by Gasteiger charge is 2.10. The third kappa shape index (κ3) is 4.35. The fraction of sp³-hybridized carbons (Fsp3) is 0.150. The Hall–Kier alpha value is -3.12. The van der Waals surface area contributed by atoms with E-state index < -0.39 is 0 Å². The van der Waals surface area contributed by atoms with Crippen LogP contribution in [0.3, 0.4) is 0 Å². The lowest BCUT2D eigenvalue weighted by Gasteiger charge is -2.11. The first-order valence-corrected chi connectivity index (χ1v) is 8.63. The zero-order valence-corrected chi connectivity index (χ0v) is 15.7. The Bertz CT molecular complexity index is 1030. The Morgan fingerprint density at radius 3 is 2.59 bits per heavy atom. The summed E-state index contributed by atoms with van der Waals surface area (Å²) in [5.74, 6) is 0.366. The van der Waals surface area contributed by atoms with Gasteiger partial charge in [0.25, 0.3) is 5.56 Å². The maximum atomic E-state index is 12.4. The van der Waals surface area contributed by atoms with Gasteiger partial charge in [-0.05, 0) is 55.0 Å². The van der Waals surface area contributed by atoms with Crippen molar-refractivity contribution in [1.82, 2.24) is 9.78 Å². The van der Waals surface area contributed by atoms with Gasteiger partial charge in [-0.2, -0.15) is 5.10 Å². The Morgan fingerprint density at radius 2 is 1.89 bits per heavy atom. The number of carbonyl (C=O) groups is 1. The summed E-state index contributed by atoms with van der Waals surface area (Å²) in [6.07, 6.45) is 0. The van der Waals surface area contributed by atoms with Gasteiger partial charge in [-0.1, -0.05) is 17.7 Å². The predicted octanol–water partition coefficient (Wildman–Crippen LogP) is 3.52. The largest absolute Gasteiger partial charge is 0.497 e. The molecule has 1 heterocycles. The molecule has 0 saturated heterocycles. The van der Waals surface area contributed by atoms with Crippen LogP contribution in [0.25, 0.3) is 11.3 Å². The third-order valence-corrected chi connectivity index (χ3v) is 4.50. The van der Waals surface area contributed by atoms with Gasteiger partial charge in [0.05, 0.1) is 12.8 Å². The zero-order valence-electron chi connectivity index (χ0n) is 14.9. The topological polar surface area (TPSA) is 73.2 Å². The number of halogens is 1. The summed E-state index contributed by atoms with van der Waals surface area (Å²) in [4.78, 5) is 24.4. The Labute approximate surface area is 161 Å². The number of nitrogens with one attached hydrogen (secondary N) is 1. The Kier molecular flexibility index (Phi) is 5.57. The fourth-order valence-corrected chi connectivity index (χ4v) is 2.72. The number of amides is 1. The summed E-state index contributed by atoms with van der Waals surface area (Å²) in [5.41, 5.74) is 2.41. The number of nitrogens with zero attached hydrogens (tertiary/aromatic N) is 2. The summed E-state index contributed by atoms with van der Waals surface area (Å²) in [6, 6.07) is 15.6. The molecule has 3 rings (SSSR count). The standard InChI is InChI=1S/C20H18ClN3O3/c1-13-16(21)4-3-5-17(13)22-19(25)12-24-20(26)11-10-18(23-24)14-6-8-15(27-2)9-7-14/h3-11H,12H2,1-2H3,(H,22,25). The first-order chi connectivity index (χ1) is 13.0. The third-order valence-electron chi connectivity index (χ3n) is 4.09. The molecule has 3 aromatic rings. The highest BCUT2D eigenvalue weighted by atomic mass is 35.5. The number of methoxy groups -OCH3 is 1. The second-order valence-electron chi connectivity index (χ2n) is 5.90. The molecular formula is C20H18ClN3O3. The first kappa shape index (κ1) is 18.7. The van der Waals surface area contributed by atoms with Crippen LogP contribution in [-0.2, 0) is 11.3 Å². The van der Waals surface area contributed by atoms with Crippen molar-refractivity contribution in [2.45, 2.75) is 13.5 Å². The number of anilines is 1. The van der Waals surface area contributed by atoms with Gasteiger partial charge in [-0.25, -0.2) is 4.68 Å². The van der Waals surface area contributed by atoms with Crippen LogP contribution >= 0.6 is 11.6 Å². The van der Waals surface area contributed by atoms with Crippen molar-refractivity contribution in [3.05, 3.63) is 75.5 Å². The van der Waals surface area contributed by atoms with Crippen LogP contribution in [0.5, 0.6) is 5.75 Å². The van der Waals surface area contributed by atoms with Gasteiger partial charge in [0.1, 0.15) is 12.3 Å². The van der Waals surface area contributed by atoms with E-state index in [-0.39, 0.29) is 18.0 Å². The maximum Gasteiger partial charge on any atom is 0.267 e. The molecule has 1 amide bonds. The SMILES string of the molecule is COc1ccc(-c2ccc(=O)n(CC(=O)Nc3cccc(Cl)c3C)n2)cc1. The van der Waals surface area contributed by atoms with Crippen molar-refractivity contribution in [3.8, 4) is 17.0 Å². The minimum absolute atomic E-state index is 0.200. The number of aromatic nitrogens is 2. The number of rotatable bonds is 5. The molecule has 0 atom stereocenters. The highest BCUT2D eigenvalue weighted by molar-refractivity contribution is 6.31. The first-order valence-electron chi connectivity index (χ1n) is 8.25. The highest BCUT2D eigenvalue weighted by Crippen LogP contribution is 2.23. The summed E-state index contributed by atoms with van der Waals surface area (Å²) >= 11 is 6.07. The molecule has 0 aliphatic rings. The van der Waals surface area contributed by atoms with E-state index in [9.17, 15) is 9.59 Å². The maximum absolute atomic E-state index is 12.4. The van der Waals surface area contributed by atoms with Crippen LogP contribution in [0, 0.1) is 6.92 Å². The van der Waals surface area contributed by atoms with E-state index in [1.165, 1.54) is 6.07 Å².